The lowest BCUT2D eigenvalue weighted by Crippen LogP contribution is -2.47. The van der Waals surface area contributed by atoms with Crippen LogP contribution in [0.2, 0.25) is 15.1 Å². The third kappa shape index (κ3) is 7.05. The quantitative estimate of drug-likeness (QED) is 0.462. The second-order valence-corrected chi connectivity index (χ2v) is 11.0. The van der Waals surface area contributed by atoms with Gasteiger partial charge in [0.15, 0.2) is 0 Å². The Morgan fingerprint density at radius 3 is 2.37 bits per heavy atom. The number of halogens is 3. The fourth-order valence-electron chi connectivity index (χ4n) is 5.19. The van der Waals surface area contributed by atoms with Crippen LogP contribution in [0.3, 0.4) is 0 Å². The van der Waals surface area contributed by atoms with E-state index in [9.17, 15) is 4.79 Å². The summed E-state index contributed by atoms with van der Waals surface area (Å²) in [5.74, 6) is 1.14. The highest BCUT2D eigenvalue weighted by atomic mass is 35.5. The molecule has 35 heavy (non-hydrogen) atoms. The fourth-order valence-corrected chi connectivity index (χ4v) is 5.83. The number of carbonyl (C=O) groups excluding carboxylic acids is 1. The van der Waals surface area contributed by atoms with Crippen LogP contribution in [0.15, 0.2) is 36.4 Å². The van der Waals surface area contributed by atoms with Gasteiger partial charge in [0.1, 0.15) is 11.9 Å². The van der Waals surface area contributed by atoms with Gasteiger partial charge in [-0.05, 0) is 93.4 Å². The Morgan fingerprint density at radius 2 is 1.69 bits per heavy atom. The van der Waals surface area contributed by atoms with Crippen molar-refractivity contribution in [3.05, 3.63) is 62.6 Å². The summed E-state index contributed by atoms with van der Waals surface area (Å²) in [6.45, 7) is 6.67. The third-order valence-corrected chi connectivity index (χ3v) is 7.86. The zero-order chi connectivity index (χ0) is 24.9. The summed E-state index contributed by atoms with van der Waals surface area (Å²) in [5, 5.41) is 1.78. The first-order valence-electron chi connectivity index (χ1n) is 12.5. The molecular formula is C27H34Cl3N3O2. The number of rotatable bonds is 8. The molecule has 0 aromatic heterocycles. The molecule has 8 heteroatoms. The molecule has 0 bridgehead atoms. The number of likely N-dealkylation sites (tertiary alicyclic amines) is 2. The number of hydrogen-bond acceptors (Lipinski definition) is 4. The van der Waals surface area contributed by atoms with E-state index in [1.807, 2.05) is 23.1 Å². The number of amides is 1. The van der Waals surface area contributed by atoms with E-state index in [1.54, 1.807) is 12.1 Å². The molecule has 0 spiro atoms. The zero-order valence-electron chi connectivity index (χ0n) is 20.2. The highest BCUT2D eigenvalue weighted by Gasteiger charge is 2.29. The number of nitrogens with zero attached hydrogens (tertiary/aromatic N) is 2. The van der Waals surface area contributed by atoms with Crippen LogP contribution in [0, 0.1) is 0 Å². The van der Waals surface area contributed by atoms with Gasteiger partial charge in [-0.3, -0.25) is 9.69 Å². The van der Waals surface area contributed by atoms with Crippen LogP contribution in [0.4, 0.5) is 0 Å². The Kier molecular flexibility index (Phi) is 9.23. The van der Waals surface area contributed by atoms with Crippen LogP contribution in [-0.2, 0) is 11.2 Å². The van der Waals surface area contributed by atoms with Crippen molar-refractivity contribution in [2.75, 3.05) is 32.7 Å². The standard InChI is InChI=1S/C27H34Cl3N3O2/c1-18(17-32-10-2-3-11-32)35-26-16-22(29)6-7-23(26)19-8-12-33(13-9-19)27(34)25(31)14-20-4-5-21(28)15-24(20)30/h4-7,15-16,18-19,25H,2-3,8-14,17,31H2,1H3/t18?,25-/m1/s1. The minimum absolute atomic E-state index is 0.0405. The number of nitrogens with two attached hydrogens (primary N) is 1. The molecule has 5 nitrogen and oxygen atoms in total. The van der Waals surface area contributed by atoms with Crippen molar-refractivity contribution >= 4 is 40.7 Å². The summed E-state index contributed by atoms with van der Waals surface area (Å²) >= 11 is 18.6. The van der Waals surface area contributed by atoms with Gasteiger partial charge < -0.3 is 15.4 Å². The van der Waals surface area contributed by atoms with Gasteiger partial charge in [-0.15, -0.1) is 0 Å². The highest BCUT2D eigenvalue weighted by Crippen LogP contribution is 2.36. The summed E-state index contributed by atoms with van der Waals surface area (Å²) in [6, 6.07) is 10.6. The number of carbonyl (C=O) groups is 1. The molecule has 4 rings (SSSR count). The van der Waals surface area contributed by atoms with E-state index in [0.717, 1.165) is 43.8 Å². The van der Waals surface area contributed by atoms with E-state index < -0.39 is 6.04 Å². The molecule has 1 unspecified atom stereocenters. The molecule has 0 radical (unpaired) electrons. The Morgan fingerprint density at radius 1 is 1.03 bits per heavy atom. The lowest BCUT2D eigenvalue weighted by Gasteiger charge is -2.34. The van der Waals surface area contributed by atoms with Crippen molar-refractivity contribution in [3.63, 3.8) is 0 Å². The van der Waals surface area contributed by atoms with Gasteiger partial charge in [0.25, 0.3) is 0 Å². The van der Waals surface area contributed by atoms with Crippen molar-refractivity contribution in [1.29, 1.82) is 0 Å². The van der Waals surface area contributed by atoms with Gasteiger partial charge in [0.2, 0.25) is 5.91 Å². The lowest BCUT2D eigenvalue weighted by molar-refractivity contribution is -0.133. The number of benzene rings is 2. The Labute approximate surface area is 223 Å². The number of piperidine rings is 1. The van der Waals surface area contributed by atoms with E-state index in [4.69, 9.17) is 45.3 Å². The van der Waals surface area contributed by atoms with Gasteiger partial charge in [-0.1, -0.05) is 46.9 Å². The summed E-state index contributed by atoms with van der Waals surface area (Å²) < 4.78 is 6.39. The Bertz CT molecular complexity index is 1020. The molecule has 0 saturated carbocycles. The minimum Gasteiger partial charge on any atom is -0.489 e. The molecule has 2 fully saturated rings. The van der Waals surface area contributed by atoms with Gasteiger partial charge in [-0.25, -0.2) is 0 Å². The number of ether oxygens (including phenoxy) is 1. The normalized spacial score (nSPS) is 19.1. The topological polar surface area (TPSA) is 58.8 Å². The number of hydrogen-bond donors (Lipinski definition) is 1. The summed E-state index contributed by atoms with van der Waals surface area (Å²) in [5.41, 5.74) is 8.28. The van der Waals surface area contributed by atoms with E-state index in [-0.39, 0.29) is 12.0 Å². The van der Waals surface area contributed by atoms with E-state index >= 15 is 0 Å². The predicted octanol–water partition coefficient (Wildman–Crippen LogP) is 5.79. The Balaban J connectivity index is 1.35. The van der Waals surface area contributed by atoms with Crippen LogP contribution < -0.4 is 10.5 Å². The molecule has 2 aromatic carbocycles. The molecule has 2 aliphatic rings. The molecule has 1 amide bonds. The van der Waals surface area contributed by atoms with Crippen LogP contribution >= 0.6 is 34.8 Å². The first-order chi connectivity index (χ1) is 16.8. The highest BCUT2D eigenvalue weighted by molar-refractivity contribution is 6.35. The molecule has 0 aliphatic carbocycles. The maximum atomic E-state index is 13.0. The molecule has 2 aliphatic heterocycles. The maximum absolute atomic E-state index is 13.0. The van der Waals surface area contributed by atoms with Crippen molar-refractivity contribution in [2.24, 2.45) is 5.73 Å². The van der Waals surface area contributed by atoms with Crippen LogP contribution in [0.1, 0.15) is 49.7 Å². The monoisotopic (exact) mass is 537 g/mol. The molecule has 190 valence electrons. The Hall–Kier alpha value is -1.50. The molecular weight excluding hydrogens is 505 g/mol. The van der Waals surface area contributed by atoms with Crippen molar-refractivity contribution in [3.8, 4) is 5.75 Å². The minimum atomic E-state index is -0.633. The average Bonchev–Trinajstić information content (AvgIpc) is 3.33. The van der Waals surface area contributed by atoms with Crippen molar-refractivity contribution in [2.45, 2.75) is 57.1 Å². The van der Waals surface area contributed by atoms with E-state index in [1.165, 1.54) is 18.4 Å². The molecule has 2 atom stereocenters. The molecule has 2 N–H and O–H groups in total. The molecule has 2 heterocycles. The first-order valence-corrected chi connectivity index (χ1v) is 13.6. The van der Waals surface area contributed by atoms with Gasteiger partial charge in [-0.2, -0.15) is 0 Å². The van der Waals surface area contributed by atoms with Gasteiger partial charge in [0, 0.05) is 34.7 Å². The third-order valence-electron chi connectivity index (χ3n) is 7.04. The lowest BCUT2D eigenvalue weighted by atomic mass is 9.88. The van der Waals surface area contributed by atoms with Crippen molar-refractivity contribution < 1.29 is 9.53 Å². The first kappa shape index (κ1) is 26.6. The summed E-state index contributed by atoms with van der Waals surface area (Å²) in [6.07, 6.45) is 4.73. The van der Waals surface area contributed by atoms with Crippen LogP contribution in [0.25, 0.3) is 0 Å². The fraction of sp³-hybridized carbons (Fsp3) is 0.519. The SMILES string of the molecule is CC(CN1CCCC1)Oc1cc(Cl)ccc1C1CCN(C(=O)[C@H](N)Cc2ccc(Cl)cc2Cl)CC1. The summed E-state index contributed by atoms with van der Waals surface area (Å²) in [7, 11) is 0. The van der Waals surface area contributed by atoms with Crippen molar-refractivity contribution in [1.82, 2.24) is 9.80 Å². The van der Waals surface area contributed by atoms with Crippen LogP contribution in [-0.4, -0.2) is 60.6 Å². The van der Waals surface area contributed by atoms with Gasteiger partial charge in [0.05, 0.1) is 6.04 Å². The smallest absolute Gasteiger partial charge is 0.239 e. The molecule has 2 aromatic rings. The predicted molar refractivity (Wildman–Crippen MR) is 144 cm³/mol. The average molecular weight is 539 g/mol. The van der Waals surface area contributed by atoms with Gasteiger partial charge >= 0.3 is 0 Å². The second-order valence-electron chi connectivity index (χ2n) is 9.76. The van der Waals surface area contributed by atoms with Crippen LogP contribution in [0.5, 0.6) is 5.75 Å². The maximum Gasteiger partial charge on any atom is 0.239 e. The van der Waals surface area contributed by atoms with E-state index in [2.05, 4.69) is 17.9 Å². The zero-order valence-corrected chi connectivity index (χ0v) is 22.5. The molecule has 2 saturated heterocycles. The second kappa shape index (κ2) is 12.2. The summed E-state index contributed by atoms with van der Waals surface area (Å²) in [4.78, 5) is 17.4. The largest absolute Gasteiger partial charge is 0.489 e. The van der Waals surface area contributed by atoms with E-state index in [0.29, 0.717) is 40.5 Å².